The van der Waals surface area contributed by atoms with Crippen molar-refractivity contribution in [1.82, 2.24) is 10.4 Å². The van der Waals surface area contributed by atoms with Crippen LogP contribution >= 0.6 is 27.7 Å². The van der Waals surface area contributed by atoms with Crippen molar-refractivity contribution in [3.05, 3.63) is 52.6 Å². The van der Waals surface area contributed by atoms with Crippen molar-refractivity contribution in [3.8, 4) is 5.75 Å². The summed E-state index contributed by atoms with van der Waals surface area (Å²) in [6.45, 7) is 0.552. The number of ether oxygens (including phenoxy) is 1. The predicted octanol–water partition coefficient (Wildman–Crippen LogP) is 2.62. The monoisotopic (exact) mass is 367 g/mol. The zero-order valence-corrected chi connectivity index (χ0v) is 13.5. The molecular formula is C14H14BrN3O2S. The highest BCUT2D eigenvalue weighted by Crippen LogP contribution is 2.24. The second-order valence-electron chi connectivity index (χ2n) is 3.99. The molecule has 2 rings (SSSR count). The van der Waals surface area contributed by atoms with Crippen molar-refractivity contribution < 1.29 is 9.53 Å². The molecule has 0 fully saturated rings. The highest BCUT2D eigenvalue weighted by Gasteiger charge is 2.04. The second kappa shape index (κ2) is 8.02. The van der Waals surface area contributed by atoms with Crippen LogP contribution in [0.3, 0.4) is 0 Å². The van der Waals surface area contributed by atoms with Gasteiger partial charge in [-0.25, -0.2) is 10.8 Å². The molecule has 0 radical (unpaired) electrons. The van der Waals surface area contributed by atoms with E-state index in [2.05, 4.69) is 26.3 Å². The fraction of sp³-hybridized carbons (Fsp3) is 0.143. The van der Waals surface area contributed by atoms with Crippen LogP contribution in [0.4, 0.5) is 0 Å². The van der Waals surface area contributed by atoms with E-state index in [-0.39, 0.29) is 5.91 Å². The smallest absolute Gasteiger partial charge is 0.265 e. The van der Waals surface area contributed by atoms with E-state index < -0.39 is 0 Å². The molecule has 1 aromatic heterocycles. The zero-order chi connectivity index (χ0) is 15.1. The number of pyridine rings is 1. The average molecular weight is 368 g/mol. The first-order valence-electron chi connectivity index (χ1n) is 6.18. The van der Waals surface area contributed by atoms with Crippen LogP contribution in [0.2, 0.25) is 0 Å². The first kappa shape index (κ1) is 15.8. The van der Waals surface area contributed by atoms with Crippen molar-refractivity contribution in [2.45, 2.75) is 5.03 Å². The number of hydrazine groups is 1. The van der Waals surface area contributed by atoms with E-state index >= 15 is 0 Å². The quantitative estimate of drug-likeness (QED) is 0.270. The largest absolute Gasteiger partial charge is 0.493 e. The molecule has 0 saturated carbocycles. The minimum atomic E-state index is -0.322. The van der Waals surface area contributed by atoms with Gasteiger partial charge in [0.1, 0.15) is 10.8 Å². The van der Waals surface area contributed by atoms with Gasteiger partial charge in [0.15, 0.2) is 0 Å². The highest BCUT2D eigenvalue weighted by molar-refractivity contribution is 9.10. The van der Waals surface area contributed by atoms with Gasteiger partial charge in [-0.3, -0.25) is 10.2 Å². The van der Waals surface area contributed by atoms with Crippen LogP contribution in [-0.4, -0.2) is 23.3 Å². The number of nitrogens with one attached hydrogen (secondary N) is 1. The molecule has 1 amide bonds. The number of aromatic nitrogens is 1. The summed E-state index contributed by atoms with van der Waals surface area (Å²) >= 11 is 5.06. The van der Waals surface area contributed by atoms with E-state index in [0.29, 0.717) is 17.9 Å². The summed E-state index contributed by atoms with van der Waals surface area (Å²) in [5.41, 5.74) is 2.58. The lowest BCUT2D eigenvalue weighted by Crippen LogP contribution is -2.29. The molecule has 1 aromatic carbocycles. The zero-order valence-electron chi connectivity index (χ0n) is 11.1. The van der Waals surface area contributed by atoms with Gasteiger partial charge in [0.05, 0.1) is 6.61 Å². The number of amides is 1. The Morgan fingerprint density at radius 1 is 1.33 bits per heavy atom. The molecule has 0 saturated heterocycles. The summed E-state index contributed by atoms with van der Waals surface area (Å²) in [5, 5.41) is 0.941. The Kier molecular flexibility index (Phi) is 6.04. The molecule has 0 unspecified atom stereocenters. The van der Waals surface area contributed by atoms with E-state index in [0.717, 1.165) is 15.3 Å². The molecule has 7 heteroatoms. The highest BCUT2D eigenvalue weighted by atomic mass is 79.9. The lowest BCUT2D eigenvalue weighted by atomic mass is 10.2. The number of benzene rings is 1. The number of halogens is 1. The lowest BCUT2D eigenvalue weighted by molar-refractivity contribution is 0.0953. The van der Waals surface area contributed by atoms with Crippen LogP contribution < -0.4 is 16.0 Å². The van der Waals surface area contributed by atoms with Crippen LogP contribution in [0.15, 0.2) is 52.1 Å². The number of nitrogens with zero attached hydrogens (tertiary/aromatic N) is 1. The maximum Gasteiger partial charge on any atom is 0.265 e. The first-order valence-corrected chi connectivity index (χ1v) is 7.95. The fourth-order valence-corrected chi connectivity index (χ4v) is 2.86. The Morgan fingerprint density at radius 2 is 2.10 bits per heavy atom. The Morgan fingerprint density at radius 3 is 2.76 bits per heavy atom. The number of carbonyl (C=O) groups is 1. The lowest BCUT2D eigenvalue weighted by Gasteiger charge is -2.07. The molecule has 2 aromatic rings. The number of nitrogen functional groups attached to an aromatic ring is 1. The third-order valence-electron chi connectivity index (χ3n) is 2.56. The van der Waals surface area contributed by atoms with Gasteiger partial charge in [-0.15, -0.1) is 11.8 Å². The third kappa shape index (κ3) is 4.73. The van der Waals surface area contributed by atoms with Crippen LogP contribution in [0.1, 0.15) is 10.4 Å². The van der Waals surface area contributed by atoms with Crippen molar-refractivity contribution in [1.29, 1.82) is 0 Å². The first-order chi connectivity index (χ1) is 10.2. The SMILES string of the molecule is NNC(=O)c1ccc(OCCSc2ncccc2Br)cc1. The van der Waals surface area contributed by atoms with Crippen molar-refractivity contribution in [2.75, 3.05) is 12.4 Å². The summed E-state index contributed by atoms with van der Waals surface area (Å²) in [7, 11) is 0. The number of nitrogens with two attached hydrogens (primary N) is 1. The number of thioether (sulfide) groups is 1. The maximum atomic E-state index is 11.3. The number of hydrogen-bond acceptors (Lipinski definition) is 5. The minimum absolute atomic E-state index is 0.322. The van der Waals surface area contributed by atoms with Gasteiger partial charge in [0.2, 0.25) is 0 Å². The summed E-state index contributed by atoms with van der Waals surface area (Å²) in [4.78, 5) is 15.5. The Labute approximate surface area is 135 Å². The van der Waals surface area contributed by atoms with Gasteiger partial charge in [-0.2, -0.15) is 0 Å². The van der Waals surface area contributed by atoms with Gasteiger partial charge in [-0.05, 0) is 52.3 Å². The Bertz CT molecular complexity index is 607. The molecular weight excluding hydrogens is 354 g/mol. The van der Waals surface area contributed by atoms with Gasteiger partial charge in [0, 0.05) is 22.0 Å². The van der Waals surface area contributed by atoms with Crippen molar-refractivity contribution >= 4 is 33.6 Å². The fourth-order valence-electron chi connectivity index (χ4n) is 1.56. The van der Waals surface area contributed by atoms with Crippen LogP contribution in [-0.2, 0) is 0 Å². The molecule has 0 aliphatic heterocycles. The van der Waals surface area contributed by atoms with Crippen LogP contribution in [0.5, 0.6) is 5.75 Å². The summed E-state index contributed by atoms with van der Waals surface area (Å²) in [6, 6.07) is 10.7. The maximum absolute atomic E-state index is 11.3. The number of rotatable bonds is 6. The van der Waals surface area contributed by atoms with E-state index in [9.17, 15) is 4.79 Å². The predicted molar refractivity (Wildman–Crippen MR) is 86.3 cm³/mol. The van der Waals surface area contributed by atoms with Crippen molar-refractivity contribution in [3.63, 3.8) is 0 Å². The average Bonchev–Trinajstić information content (AvgIpc) is 2.53. The molecule has 0 bridgehead atoms. The van der Waals surface area contributed by atoms with Gasteiger partial charge < -0.3 is 4.74 Å². The standard InChI is InChI=1S/C14H14BrN3O2S/c15-12-2-1-7-17-14(12)21-9-8-20-11-5-3-10(4-6-11)13(19)18-16/h1-7H,8-9,16H2,(H,18,19). The molecule has 21 heavy (non-hydrogen) atoms. The molecule has 110 valence electrons. The van der Waals surface area contributed by atoms with E-state index in [1.807, 2.05) is 12.1 Å². The van der Waals surface area contributed by atoms with E-state index in [1.165, 1.54) is 0 Å². The molecule has 5 nitrogen and oxygen atoms in total. The Balaban J connectivity index is 1.79. The molecule has 1 heterocycles. The molecule has 0 atom stereocenters. The van der Waals surface area contributed by atoms with Gasteiger partial charge in [0.25, 0.3) is 5.91 Å². The van der Waals surface area contributed by atoms with Crippen molar-refractivity contribution in [2.24, 2.45) is 5.84 Å². The van der Waals surface area contributed by atoms with E-state index in [4.69, 9.17) is 10.6 Å². The molecule has 3 N–H and O–H groups in total. The normalized spacial score (nSPS) is 10.2. The summed E-state index contributed by atoms with van der Waals surface area (Å²) < 4.78 is 6.59. The van der Waals surface area contributed by atoms with Crippen LogP contribution in [0, 0.1) is 0 Å². The topological polar surface area (TPSA) is 77.2 Å². The number of carbonyl (C=O) groups excluding carboxylic acids is 1. The van der Waals surface area contributed by atoms with Crippen LogP contribution in [0.25, 0.3) is 0 Å². The second-order valence-corrected chi connectivity index (χ2v) is 5.92. The molecule has 0 spiro atoms. The summed E-state index contributed by atoms with van der Waals surface area (Å²) in [5.74, 6) is 6.23. The minimum Gasteiger partial charge on any atom is -0.493 e. The summed E-state index contributed by atoms with van der Waals surface area (Å²) in [6.07, 6.45) is 1.76. The van der Waals surface area contributed by atoms with Gasteiger partial charge >= 0.3 is 0 Å². The third-order valence-corrected chi connectivity index (χ3v) is 4.44. The number of hydrogen-bond donors (Lipinski definition) is 2. The molecule has 0 aliphatic rings. The Hall–Kier alpha value is -1.57. The van der Waals surface area contributed by atoms with Gasteiger partial charge in [-0.1, -0.05) is 0 Å². The van der Waals surface area contributed by atoms with E-state index in [1.54, 1.807) is 42.2 Å². The molecule has 0 aliphatic carbocycles.